The maximum absolute atomic E-state index is 13.4. The maximum atomic E-state index is 13.4. The molecule has 0 aromatic carbocycles. The largest absolute Gasteiger partial charge is 0.463 e. The zero-order valence-corrected chi connectivity index (χ0v) is 18.4. The van der Waals surface area contributed by atoms with Crippen LogP contribution in [0.25, 0.3) is 22.5 Å². The molecule has 7 nitrogen and oxygen atoms in total. The average molecular weight is 440 g/mol. The number of likely N-dealkylation sites (tertiary alicyclic amines) is 1. The van der Waals surface area contributed by atoms with Gasteiger partial charge in [-0.3, -0.25) is 4.79 Å². The molecule has 1 aliphatic heterocycles. The number of pyridine rings is 1. The maximum Gasteiger partial charge on any atom is 0.255 e. The van der Waals surface area contributed by atoms with E-state index in [0.717, 1.165) is 31.3 Å². The first-order valence-corrected chi connectivity index (χ1v) is 9.48. The molecule has 1 saturated heterocycles. The van der Waals surface area contributed by atoms with E-state index in [0.29, 0.717) is 22.7 Å². The quantitative estimate of drug-likeness (QED) is 0.651. The van der Waals surface area contributed by atoms with Crippen LogP contribution in [0.4, 0.5) is 0 Å². The van der Waals surface area contributed by atoms with Gasteiger partial charge < -0.3 is 14.6 Å². The van der Waals surface area contributed by atoms with Gasteiger partial charge in [0.1, 0.15) is 5.69 Å². The van der Waals surface area contributed by atoms with Crippen LogP contribution in [0.3, 0.4) is 0 Å². The normalized spacial score (nSPS) is 16.1. The Balaban J connectivity index is 0.00000150. The zero-order valence-electron chi connectivity index (χ0n) is 16.8. The van der Waals surface area contributed by atoms with Gasteiger partial charge in [-0.1, -0.05) is 0 Å². The van der Waals surface area contributed by atoms with Crippen LogP contribution in [-0.2, 0) is 0 Å². The lowest BCUT2D eigenvalue weighted by Crippen LogP contribution is -2.40. The summed E-state index contributed by atoms with van der Waals surface area (Å²) in [6, 6.07) is 5.89. The molecule has 0 spiro atoms. The highest BCUT2D eigenvalue weighted by Gasteiger charge is 2.31. The van der Waals surface area contributed by atoms with Crippen molar-refractivity contribution in [2.75, 3.05) is 20.1 Å². The molecule has 1 aliphatic rings. The molecule has 0 bridgehead atoms. The van der Waals surface area contributed by atoms with Crippen molar-refractivity contribution in [3.63, 3.8) is 0 Å². The van der Waals surface area contributed by atoms with Crippen molar-refractivity contribution in [2.45, 2.75) is 38.8 Å². The SMILES string of the molecule is CNCC1CCCN1C(=O)c1cc(-c2ccco2)nc2c1cnn2C(C)C.Cl.Cl. The molecular formula is C20H27Cl2N5O2. The molecule has 1 N–H and O–H groups in total. The van der Waals surface area contributed by atoms with E-state index < -0.39 is 0 Å². The van der Waals surface area contributed by atoms with Crippen LogP contribution in [0.1, 0.15) is 43.1 Å². The molecule has 0 aliphatic carbocycles. The van der Waals surface area contributed by atoms with E-state index in [2.05, 4.69) is 24.3 Å². The Hall–Kier alpha value is -2.09. The first-order valence-electron chi connectivity index (χ1n) is 9.48. The third-order valence-electron chi connectivity index (χ3n) is 5.14. The van der Waals surface area contributed by atoms with E-state index in [-0.39, 0.29) is 42.8 Å². The molecule has 1 amide bonds. The van der Waals surface area contributed by atoms with Crippen LogP contribution >= 0.6 is 24.8 Å². The van der Waals surface area contributed by atoms with Gasteiger partial charge in [-0.05, 0) is 51.9 Å². The number of carbonyl (C=O) groups is 1. The molecule has 4 heterocycles. The number of rotatable bonds is 5. The van der Waals surface area contributed by atoms with E-state index in [1.54, 1.807) is 12.5 Å². The minimum Gasteiger partial charge on any atom is -0.463 e. The average Bonchev–Trinajstić information content (AvgIpc) is 3.40. The van der Waals surface area contributed by atoms with Gasteiger partial charge in [0, 0.05) is 25.2 Å². The minimum atomic E-state index is 0. The molecule has 1 fully saturated rings. The second-order valence-electron chi connectivity index (χ2n) is 7.30. The van der Waals surface area contributed by atoms with E-state index in [1.807, 2.05) is 34.8 Å². The van der Waals surface area contributed by atoms with Crippen molar-refractivity contribution in [2.24, 2.45) is 0 Å². The summed E-state index contributed by atoms with van der Waals surface area (Å²) in [5, 5.41) is 8.47. The predicted octanol–water partition coefficient (Wildman–Crippen LogP) is 3.94. The Kier molecular flexibility index (Phi) is 7.68. The van der Waals surface area contributed by atoms with Crippen LogP contribution in [0.15, 0.2) is 35.1 Å². The van der Waals surface area contributed by atoms with Gasteiger partial charge in [0.25, 0.3) is 5.91 Å². The Morgan fingerprint density at radius 1 is 1.38 bits per heavy atom. The van der Waals surface area contributed by atoms with Gasteiger partial charge >= 0.3 is 0 Å². The van der Waals surface area contributed by atoms with Crippen molar-refractivity contribution < 1.29 is 9.21 Å². The topological polar surface area (TPSA) is 76.2 Å². The molecule has 29 heavy (non-hydrogen) atoms. The second kappa shape index (κ2) is 9.61. The van der Waals surface area contributed by atoms with Crippen molar-refractivity contribution in [3.8, 4) is 11.5 Å². The fourth-order valence-corrected chi connectivity index (χ4v) is 3.83. The summed E-state index contributed by atoms with van der Waals surface area (Å²) >= 11 is 0. The van der Waals surface area contributed by atoms with Crippen LogP contribution < -0.4 is 5.32 Å². The number of hydrogen-bond acceptors (Lipinski definition) is 5. The van der Waals surface area contributed by atoms with Gasteiger partial charge in [-0.15, -0.1) is 24.8 Å². The van der Waals surface area contributed by atoms with Gasteiger partial charge in [0.2, 0.25) is 0 Å². The number of furan rings is 1. The third-order valence-corrected chi connectivity index (χ3v) is 5.14. The Bertz CT molecular complexity index is 955. The van der Waals surface area contributed by atoms with Crippen LogP contribution in [-0.4, -0.2) is 51.8 Å². The number of nitrogens with one attached hydrogen (secondary N) is 1. The van der Waals surface area contributed by atoms with E-state index in [4.69, 9.17) is 9.40 Å². The van der Waals surface area contributed by atoms with E-state index in [1.165, 1.54) is 0 Å². The molecule has 3 aromatic heterocycles. The Morgan fingerprint density at radius 3 is 2.83 bits per heavy atom. The highest BCUT2D eigenvalue weighted by Crippen LogP contribution is 2.29. The molecule has 0 saturated carbocycles. The Labute approximate surface area is 182 Å². The van der Waals surface area contributed by atoms with Crippen molar-refractivity contribution in [1.29, 1.82) is 0 Å². The fraction of sp³-hybridized carbons (Fsp3) is 0.450. The lowest BCUT2D eigenvalue weighted by molar-refractivity contribution is 0.0739. The highest BCUT2D eigenvalue weighted by atomic mass is 35.5. The third kappa shape index (κ3) is 4.27. The molecule has 1 unspecified atom stereocenters. The molecule has 9 heteroatoms. The number of amides is 1. The first kappa shape index (κ1) is 23.2. The smallest absolute Gasteiger partial charge is 0.255 e. The van der Waals surface area contributed by atoms with Gasteiger partial charge in [0.15, 0.2) is 11.4 Å². The summed E-state index contributed by atoms with van der Waals surface area (Å²) in [4.78, 5) is 20.2. The number of nitrogens with zero attached hydrogens (tertiary/aromatic N) is 4. The van der Waals surface area contributed by atoms with E-state index in [9.17, 15) is 4.79 Å². The van der Waals surface area contributed by atoms with Crippen molar-refractivity contribution >= 4 is 41.8 Å². The number of aromatic nitrogens is 3. The fourth-order valence-electron chi connectivity index (χ4n) is 3.83. The molecule has 1 atom stereocenters. The van der Waals surface area contributed by atoms with Crippen LogP contribution in [0.2, 0.25) is 0 Å². The Morgan fingerprint density at radius 2 is 2.17 bits per heavy atom. The lowest BCUT2D eigenvalue weighted by Gasteiger charge is -2.25. The lowest BCUT2D eigenvalue weighted by atomic mass is 10.1. The standard InChI is InChI=1S/C20H25N5O2.2ClH/c1-13(2)25-19-16(12-22-25)15(10-17(23-19)18-7-5-9-27-18)20(26)24-8-4-6-14(24)11-21-3;;/h5,7,9-10,12-14,21H,4,6,8,11H2,1-3H3;2*1H. The highest BCUT2D eigenvalue weighted by molar-refractivity contribution is 6.06. The predicted molar refractivity (Wildman–Crippen MR) is 118 cm³/mol. The molecule has 0 radical (unpaired) electrons. The minimum absolute atomic E-state index is 0. The van der Waals surface area contributed by atoms with Gasteiger partial charge in [-0.2, -0.15) is 5.10 Å². The number of carbonyl (C=O) groups excluding carboxylic acids is 1. The number of hydrogen-bond donors (Lipinski definition) is 1. The van der Waals surface area contributed by atoms with Crippen LogP contribution in [0.5, 0.6) is 0 Å². The van der Waals surface area contributed by atoms with E-state index >= 15 is 0 Å². The van der Waals surface area contributed by atoms with Crippen molar-refractivity contribution in [1.82, 2.24) is 25.0 Å². The number of halogens is 2. The second-order valence-corrected chi connectivity index (χ2v) is 7.30. The van der Waals surface area contributed by atoms with Crippen LogP contribution in [0, 0.1) is 0 Å². The summed E-state index contributed by atoms with van der Waals surface area (Å²) in [6.45, 7) is 5.69. The van der Waals surface area contributed by atoms with Gasteiger partial charge in [0.05, 0.1) is 23.4 Å². The van der Waals surface area contributed by atoms with Crippen molar-refractivity contribution in [3.05, 3.63) is 36.2 Å². The summed E-state index contributed by atoms with van der Waals surface area (Å²) in [7, 11) is 1.92. The molecule has 158 valence electrons. The summed E-state index contributed by atoms with van der Waals surface area (Å²) < 4.78 is 7.39. The summed E-state index contributed by atoms with van der Waals surface area (Å²) in [5.41, 5.74) is 2.01. The zero-order chi connectivity index (χ0) is 19.0. The number of likely N-dealkylation sites (N-methyl/N-ethyl adjacent to an activating group) is 1. The first-order chi connectivity index (χ1) is 13.1. The number of fused-ring (bicyclic) bond motifs is 1. The monoisotopic (exact) mass is 439 g/mol. The summed E-state index contributed by atoms with van der Waals surface area (Å²) in [6.07, 6.45) is 5.43. The molecule has 3 aromatic rings. The summed E-state index contributed by atoms with van der Waals surface area (Å²) in [5.74, 6) is 0.687. The molecular weight excluding hydrogens is 413 g/mol. The van der Waals surface area contributed by atoms with Gasteiger partial charge in [-0.25, -0.2) is 9.67 Å². The molecule has 4 rings (SSSR count).